The van der Waals surface area contributed by atoms with Gasteiger partial charge in [0.25, 0.3) is 0 Å². The van der Waals surface area contributed by atoms with E-state index in [9.17, 15) is 14.3 Å². The Labute approximate surface area is 117 Å². The summed E-state index contributed by atoms with van der Waals surface area (Å²) >= 11 is 0. The van der Waals surface area contributed by atoms with Crippen LogP contribution in [0, 0.1) is 5.82 Å². The van der Waals surface area contributed by atoms with Gasteiger partial charge in [0.2, 0.25) is 5.91 Å². The number of benzene rings is 1. The smallest absolute Gasteiger partial charge is 0.248 e. The minimum absolute atomic E-state index is 0.204. The van der Waals surface area contributed by atoms with Crippen LogP contribution in [-0.4, -0.2) is 36.9 Å². The molecule has 5 nitrogen and oxygen atoms in total. The molecule has 0 radical (unpaired) electrons. The van der Waals surface area contributed by atoms with E-state index in [4.69, 9.17) is 10.5 Å². The molecule has 1 aromatic carbocycles. The number of nitrogens with one attached hydrogen (secondary N) is 1. The van der Waals surface area contributed by atoms with Gasteiger partial charge in [-0.15, -0.1) is 0 Å². The Morgan fingerprint density at radius 3 is 2.85 bits per heavy atom. The predicted molar refractivity (Wildman–Crippen MR) is 73.7 cm³/mol. The normalized spacial score (nSPS) is 14.0. The summed E-state index contributed by atoms with van der Waals surface area (Å²) in [6, 6.07) is 3.96. The first kappa shape index (κ1) is 16.6. The fourth-order valence-electron chi connectivity index (χ4n) is 1.74. The maximum Gasteiger partial charge on any atom is 0.248 e. The van der Waals surface area contributed by atoms with Gasteiger partial charge < -0.3 is 20.9 Å². The van der Waals surface area contributed by atoms with Crippen molar-refractivity contribution in [2.24, 2.45) is 5.73 Å². The molecule has 0 heterocycles. The molecule has 0 aliphatic rings. The average Bonchev–Trinajstić information content (AvgIpc) is 2.38. The fraction of sp³-hybridized carbons (Fsp3) is 0.500. The molecule has 0 aliphatic heterocycles. The lowest BCUT2D eigenvalue weighted by Crippen LogP contribution is -2.38. The molecule has 0 saturated carbocycles. The van der Waals surface area contributed by atoms with Crippen LogP contribution in [0.25, 0.3) is 0 Å². The first-order chi connectivity index (χ1) is 9.35. The third-order valence-electron chi connectivity index (χ3n) is 3.00. The number of methoxy groups -OCH3 is 1. The summed E-state index contributed by atoms with van der Waals surface area (Å²) in [4.78, 5) is 11.0. The second kappa shape index (κ2) is 7.33. The summed E-state index contributed by atoms with van der Waals surface area (Å²) in [5.74, 6) is -1.02. The van der Waals surface area contributed by atoms with Crippen LogP contribution >= 0.6 is 0 Å². The highest BCUT2D eigenvalue weighted by atomic mass is 19.1. The highest BCUT2D eigenvalue weighted by Gasteiger charge is 2.19. The molecule has 0 fully saturated rings. The van der Waals surface area contributed by atoms with Crippen LogP contribution in [0.3, 0.4) is 0 Å². The van der Waals surface area contributed by atoms with E-state index in [1.54, 1.807) is 14.0 Å². The first-order valence-corrected chi connectivity index (χ1v) is 6.36. The lowest BCUT2D eigenvalue weighted by molar-refractivity contribution is 0.0247. The SMILES string of the molecule is COCCC(C)(O)CNCc1cc(C(N)=O)ccc1F. The molecule has 0 aliphatic carbocycles. The first-order valence-electron chi connectivity index (χ1n) is 6.36. The average molecular weight is 284 g/mol. The highest BCUT2D eigenvalue weighted by molar-refractivity contribution is 5.92. The number of ether oxygens (including phenoxy) is 1. The molecule has 1 amide bonds. The third kappa shape index (κ3) is 5.24. The molecular formula is C14H21FN2O3. The molecule has 0 aromatic heterocycles. The minimum atomic E-state index is -0.937. The minimum Gasteiger partial charge on any atom is -0.389 e. The largest absolute Gasteiger partial charge is 0.389 e. The van der Waals surface area contributed by atoms with E-state index in [1.807, 2.05) is 0 Å². The molecule has 0 saturated heterocycles. The van der Waals surface area contributed by atoms with E-state index >= 15 is 0 Å². The second-order valence-corrected chi connectivity index (χ2v) is 5.01. The Morgan fingerprint density at radius 2 is 2.25 bits per heavy atom. The number of hydrogen-bond donors (Lipinski definition) is 3. The van der Waals surface area contributed by atoms with Crippen LogP contribution in [0.1, 0.15) is 29.3 Å². The van der Waals surface area contributed by atoms with Crippen molar-refractivity contribution in [1.29, 1.82) is 0 Å². The van der Waals surface area contributed by atoms with Crippen LogP contribution in [0.2, 0.25) is 0 Å². The van der Waals surface area contributed by atoms with Crippen molar-refractivity contribution >= 4 is 5.91 Å². The number of carbonyl (C=O) groups is 1. The van der Waals surface area contributed by atoms with Crippen molar-refractivity contribution in [3.63, 3.8) is 0 Å². The summed E-state index contributed by atoms with van der Waals surface area (Å²) in [6.45, 7) is 2.61. The molecule has 1 rings (SSSR count). The van der Waals surface area contributed by atoms with Crippen LogP contribution in [0.5, 0.6) is 0 Å². The quantitative estimate of drug-likeness (QED) is 0.659. The van der Waals surface area contributed by atoms with Crippen molar-refractivity contribution in [3.8, 4) is 0 Å². The summed E-state index contributed by atoms with van der Waals surface area (Å²) in [5.41, 5.74) is 4.81. The summed E-state index contributed by atoms with van der Waals surface area (Å²) in [5, 5.41) is 13.0. The predicted octanol–water partition coefficient (Wildman–Crippen LogP) is 0.802. The number of nitrogens with two attached hydrogens (primary N) is 1. The zero-order chi connectivity index (χ0) is 15.2. The standard InChI is InChI=1S/C14H21FN2O3/c1-14(19,5-6-20-2)9-17-8-11-7-10(13(16)18)3-4-12(11)15/h3-4,7,17,19H,5-6,8-9H2,1-2H3,(H2,16,18). The Balaban J connectivity index is 2.57. The Hall–Kier alpha value is -1.50. The molecule has 0 spiro atoms. The van der Waals surface area contributed by atoms with Gasteiger partial charge in [-0.1, -0.05) is 0 Å². The fourth-order valence-corrected chi connectivity index (χ4v) is 1.74. The van der Waals surface area contributed by atoms with Gasteiger partial charge in [0.15, 0.2) is 0 Å². The van der Waals surface area contributed by atoms with Crippen LogP contribution < -0.4 is 11.1 Å². The third-order valence-corrected chi connectivity index (χ3v) is 3.00. The van der Waals surface area contributed by atoms with E-state index in [1.165, 1.54) is 18.2 Å². The number of aliphatic hydroxyl groups is 1. The lowest BCUT2D eigenvalue weighted by Gasteiger charge is -2.23. The van der Waals surface area contributed by atoms with Crippen LogP contribution in [0.15, 0.2) is 18.2 Å². The molecule has 1 aromatic rings. The monoisotopic (exact) mass is 284 g/mol. The van der Waals surface area contributed by atoms with E-state index in [0.717, 1.165) is 0 Å². The molecule has 1 unspecified atom stereocenters. The van der Waals surface area contributed by atoms with E-state index in [-0.39, 0.29) is 18.7 Å². The number of rotatable bonds is 8. The topological polar surface area (TPSA) is 84.6 Å². The molecular weight excluding hydrogens is 263 g/mol. The molecule has 1 atom stereocenters. The Kier molecular flexibility index (Phi) is 6.06. The van der Waals surface area contributed by atoms with Crippen molar-refractivity contribution in [3.05, 3.63) is 35.1 Å². The number of halogens is 1. The van der Waals surface area contributed by atoms with Gasteiger partial charge >= 0.3 is 0 Å². The Morgan fingerprint density at radius 1 is 1.55 bits per heavy atom. The molecule has 112 valence electrons. The summed E-state index contributed by atoms with van der Waals surface area (Å²) < 4.78 is 18.5. The zero-order valence-corrected chi connectivity index (χ0v) is 11.8. The maximum atomic E-state index is 13.6. The number of primary amides is 1. The van der Waals surface area contributed by atoms with Gasteiger partial charge in [-0.05, 0) is 25.1 Å². The van der Waals surface area contributed by atoms with Crippen molar-refractivity contribution in [2.75, 3.05) is 20.3 Å². The molecule has 4 N–H and O–H groups in total. The van der Waals surface area contributed by atoms with Crippen LogP contribution in [-0.2, 0) is 11.3 Å². The summed E-state index contributed by atoms with van der Waals surface area (Å²) in [6.07, 6.45) is 0.473. The van der Waals surface area contributed by atoms with Crippen molar-refractivity contribution < 1.29 is 19.0 Å². The lowest BCUT2D eigenvalue weighted by atomic mass is 10.0. The molecule has 20 heavy (non-hydrogen) atoms. The van der Waals surface area contributed by atoms with Crippen LogP contribution in [0.4, 0.5) is 4.39 Å². The zero-order valence-electron chi connectivity index (χ0n) is 11.8. The van der Waals surface area contributed by atoms with Gasteiger partial charge in [-0.2, -0.15) is 0 Å². The van der Waals surface area contributed by atoms with E-state index < -0.39 is 17.3 Å². The second-order valence-electron chi connectivity index (χ2n) is 5.01. The van der Waals surface area contributed by atoms with Gasteiger partial charge in [-0.25, -0.2) is 4.39 Å². The molecule has 0 bridgehead atoms. The van der Waals surface area contributed by atoms with Crippen molar-refractivity contribution in [2.45, 2.75) is 25.5 Å². The number of hydrogen-bond acceptors (Lipinski definition) is 4. The van der Waals surface area contributed by atoms with Gasteiger partial charge in [0.1, 0.15) is 5.82 Å². The number of amides is 1. The molecule has 6 heteroatoms. The van der Waals surface area contributed by atoms with E-state index in [2.05, 4.69) is 5.32 Å². The van der Waals surface area contributed by atoms with E-state index in [0.29, 0.717) is 18.6 Å². The summed E-state index contributed by atoms with van der Waals surface area (Å²) in [7, 11) is 1.56. The van der Waals surface area contributed by atoms with Gasteiger partial charge in [0.05, 0.1) is 5.60 Å². The highest BCUT2D eigenvalue weighted by Crippen LogP contribution is 2.12. The van der Waals surface area contributed by atoms with Gasteiger partial charge in [-0.3, -0.25) is 4.79 Å². The Bertz CT molecular complexity index is 464. The van der Waals surface area contributed by atoms with Crippen molar-refractivity contribution in [1.82, 2.24) is 5.32 Å². The van der Waals surface area contributed by atoms with Gasteiger partial charge in [0, 0.05) is 44.4 Å². The number of carbonyl (C=O) groups excluding carboxylic acids is 1. The maximum absolute atomic E-state index is 13.6.